The number of unbranched alkanes of at least 4 members (excludes halogenated alkanes) is 2. The largest absolute Gasteiger partial charge is 0.375 e. The molecule has 4 heteroatoms. The minimum Gasteiger partial charge on any atom is -0.375 e. The van der Waals surface area contributed by atoms with Crippen LogP contribution in [0.1, 0.15) is 26.2 Å². The molecule has 0 fully saturated rings. The fourth-order valence-corrected chi connectivity index (χ4v) is 1.55. The molecule has 0 saturated carbocycles. The van der Waals surface area contributed by atoms with Gasteiger partial charge in [0, 0.05) is 6.54 Å². The van der Waals surface area contributed by atoms with Gasteiger partial charge in [0.1, 0.15) is 0 Å². The van der Waals surface area contributed by atoms with E-state index in [9.17, 15) is 0 Å². The van der Waals surface area contributed by atoms with E-state index in [1.165, 1.54) is 12.8 Å². The molecule has 0 saturated heterocycles. The number of nitrogens with zero attached hydrogens (tertiary/aromatic N) is 1. The first-order valence-corrected chi connectivity index (χ1v) is 6.03. The highest BCUT2D eigenvalue weighted by Gasteiger charge is 2.05. The number of hydrogen-bond acceptors (Lipinski definition) is 2. The van der Waals surface area contributed by atoms with Gasteiger partial charge in [-0.3, -0.25) is 10.4 Å². The van der Waals surface area contributed by atoms with Crippen LogP contribution >= 0.6 is 12.2 Å². The number of nitrogens with two attached hydrogens (primary N) is 1. The van der Waals surface area contributed by atoms with E-state index in [0.717, 1.165) is 18.7 Å². The molecule has 0 heterocycles. The maximum atomic E-state index is 5.66. The maximum absolute atomic E-state index is 5.66. The van der Waals surface area contributed by atoms with Crippen LogP contribution in [-0.2, 0) is 0 Å². The Labute approximate surface area is 103 Å². The lowest BCUT2D eigenvalue weighted by molar-refractivity contribution is 0.472. The third-order valence-electron chi connectivity index (χ3n) is 2.29. The molecule has 1 rings (SSSR count). The van der Waals surface area contributed by atoms with Crippen LogP contribution in [-0.4, -0.2) is 16.7 Å². The highest BCUT2D eigenvalue weighted by molar-refractivity contribution is 7.80. The molecule has 3 nitrogen and oxygen atoms in total. The Morgan fingerprint density at radius 1 is 1.31 bits per heavy atom. The van der Waals surface area contributed by atoms with Crippen molar-refractivity contribution in [2.45, 2.75) is 26.2 Å². The molecule has 0 atom stereocenters. The van der Waals surface area contributed by atoms with E-state index in [2.05, 4.69) is 12.3 Å². The number of rotatable bonds is 6. The van der Waals surface area contributed by atoms with Crippen molar-refractivity contribution in [2.24, 2.45) is 5.73 Å². The van der Waals surface area contributed by atoms with E-state index >= 15 is 0 Å². The van der Waals surface area contributed by atoms with Crippen molar-refractivity contribution in [3.8, 4) is 0 Å². The number of nitrogens with one attached hydrogen (secondary N) is 1. The minimum atomic E-state index is 0.389. The lowest BCUT2D eigenvalue weighted by atomic mass is 10.2. The van der Waals surface area contributed by atoms with E-state index in [0.29, 0.717) is 5.11 Å². The van der Waals surface area contributed by atoms with Crippen molar-refractivity contribution >= 4 is 23.0 Å². The van der Waals surface area contributed by atoms with Crippen LogP contribution in [0.2, 0.25) is 0 Å². The van der Waals surface area contributed by atoms with Crippen molar-refractivity contribution in [3.63, 3.8) is 0 Å². The molecule has 0 radical (unpaired) electrons. The molecule has 0 aliphatic heterocycles. The molecule has 1 aromatic carbocycles. The SMILES string of the molecule is CCCCCN(Nc1ccccc1)C(N)=S. The Hall–Kier alpha value is -1.29. The van der Waals surface area contributed by atoms with Gasteiger partial charge in [0.15, 0.2) is 5.11 Å². The number of thiocarbonyl (C=S) groups is 1. The summed E-state index contributed by atoms with van der Waals surface area (Å²) in [6.45, 7) is 3.02. The number of benzene rings is 1. The summed E-state index contributed by atoms with van der Waals surface area (Å²) < 4.78 is 0. The molecule has 1 aromatic rings. The van der Waals surface area contributed by atoms with Gasteiger partial charge in [0.05, 0.1) is 5.69 Å². The second kappa shape index (κ2) is 7.06. The Morgan fingerprint density at radius 3 is 2.56 bits per heavy atom. The van der Waals surface area contributed by atoms with Gasteiger partial charge in [-0.2, -0.15) is 0 Å². The van der Waals surface area contributed by atoms with Gasteiger partial charge in [0.25, 0.3) is 0 Å². The Kier molecular flexibility index (Phi) is 5.64. The molecule has 0 aliphatic rings. The molecule has 16 heavy (non-hydrogen) atoms. The molecule has 88 valence electrons. The average Bonchev–Trinajstić information content (AvgIpc) is 2.29. The van der Waals surface area contributed by atoms with E-state index in [-0.39, 0.29) is 0 Å². The summed E-state index contributed by atoms with van der Waals surface area (Å²) >= 11 is 5.01. The van der Waals surface area contributed by atoms with E-state index in [4.69, 9.17) is 18.0 Å². The van der Waals surface area contributed by atoms with Crippen molar-refractivity contribution < 1.29 is 0 Å². The predicted octanol–water partition coefficient (Wildman–Crippen LogP) is 2.75. The fourth-order valence-electron chi connectivity index (χ4n) is 1.41. The zero-order chi connectivity index (χ0) is 11.8. The second-order valence-corrected chi connectivity index (χ2v) is 4.09. The van der Waals surface area contributed by atoms with Gasteiger partial charge in [0.2, 0.25) is 0 Å². The van der Waals surface area contributed by atoms with Gasteiger partial charge in [-0.15, -0.1) is 0 Å². The van der Waals surface area contributed by atoms with Gasteiger partial charge in [-0.05, 0) is 30.8 Å². The first-order chi connectivity index (χ1) is 7.74. The van der Waals surface area contributed by atoms with E-state index in [1.54, 1.807) is 0 Å². The third-order valence-corrected chi connectivity index (χ3v) is 2.51. The lowest BCUT2D eigenvalue weighted by Gasteiger charge is -2.24. The molecule has 0 aromatic heterocycles. The summed E-state index contributed by atoms with van der Waals surface area (Å²) in [5, 5.41) is 2.21. The summed E-state index contributed by atoms with van der Waals surface area (Å²) in [5.41, 5.74) is 9.87. The number of anilines is 1. The monoisotopic (exact) mass is 237 g/mol. The highest BCUT2D eigenvalue weighted by Crippen LogP contribution is 2.07. The molecule has 0 bridgehead atoms. The fraction of sp³-hybridized carbons (Fsp3) is 0.417. The highest BCUT2D eigenvalue weighted by atomic mass is 32.1. The van der Waals surface area contributed by atoms with Gasteiger partial charge in [-0.1, -0.05) is 38.0 Å². The van der Waals surface area contributed by atoms with Crippen molar-refractivity contribution in [1.82, 2.24) is 5.01 Å². The van der Waals surface area contributed by atoms with Crippen LogP contribution in [0.15, 0.2) is 30.3 Å². The van der Waals surface area contributed by atoms with Crippen molar-refractivity contribution in [3.05, 3.63) is 30.3 Å². The molecule has 0 spiro atoms. The normalized spacial score (nSPS) is 9.81. The number of hydrogen-bond donors (Lipinski definition) is 2. The zero-order valence-corrected chi connectivity index (χ0v) is 10.5. The molecule has 3 N–H and O–H groups in total. The van der Waals surface area contributed by atoms with Crippen LogP contribution in [0.4, 0.5) is 5.69 Å². The standard InChI is InChI=1S/C12H19N3S/c1-2-3-7-10-15(12(13)16)14-11-8-5-4-6-9-11/h4-6,8-9,14H,2-3,7,10H2,1H3,(H2,13,16). The summed E-state index contributed by atoms with van der Waals surface area (Å²) in [6, 6.07) is 9.92. The van der Waals surface area contributed by atoms with Gasteiger partial charge >= 0.3 is 0 Å². The van der Waals surface area contributed by atoms with Crippen molar-refractivity contribution in [2.75, 3.05) is 12.0 Å². The maximum Gasteiger partial charge on any atom is 0.185 e. The van der Waals surface area contributed by atoms with Crippen LogP contribution < -0.4 is 11.2 Å². The third kappa shape index (κ3) is 4.49. The van der Waals surface area contributed by atoms with E-state index in [1.807, 2.05) is 35.3 Å². The first-order valence-electron chi connectivity index (χ1n) is 5.62. The molecule has 0 aliphatic carbocycles. The zero-order valence-electron chi connectivity index (χ0n) is 9.65. The second-order valence-electron chi connectivity index (χ2n) is 3.67. The summed E-state index contributed by atoms with van der Waals surface area (Å²) in [4.78, 5) is 0. The van der Waals surface area contributed by atoms with Gasteiger partial charge < -0.3 is 5.73 Å². The molecular weight excluding hydrogens is 218 g/mol. The van der Waals surface area contributed by atoms with Crippen LogP contribution in [0.3, 0.4) is 0 Å². The smallest absolute Gasteiger partial charge is 0.185 e. The first kappa shape index (κ1) is 12.8. The van der Waals surface area contributed by atoms with E-state index < -0.39 is 0 Å². The molecular formula is C12H19N3S. The van der Waals surface area contributed by atoms with Crippen LogP contribution in [0.25, 0.3) is 0 Å². The van der Waals surface area contributed by atoms with Crippen LogP contribution in [0.5, 0.6) is 0 Å². The lowest BCUT2D eigenvalue weighted by Crippen LogP contribution is -2.40. The topological polar surface area (TPSA) is 41.3 Å². The van der Waals surface area contributed by atoms with Gasteiger partial charge in [-0.25, -0.2) is 0 Å². The Balaban J connectivity index is 2.48. The van der Waals surface area contributed by atoms with Crippen molar-refractivity contribution in [1.29, 1.82) is 0 Å². The Bertz CT molecular complexity index is 313. The Morgan fingerprint density at radius 2 is 2.00 bits per heavy atom. The summed E-state index contributed by atoms with van der Waals surface area (Å²) in [5.74, 6) is 0. The summed E-state index contributed by atoms with van der Waals surface area (Å²) in [6.07, 6.45) is 3.47. The predicted molar refractivity (Wildman–Crippen MR) is 73.1 cm³/mol. The molecule has 0 amide bonds. The van der Waals surface area contributed by atoms with Crippen LogP contribution in [0, 0.1) is 0 Å². The average molecular weight is 237 g/mol. The quantitative estimate of drug-likeness (QED) is 0.453. The molecule has 0 unspecified atom stereocenters. The minimum absolute atomic E-state index is 0.389. The number of para-hydroxylation sites is 1. The summed E-state index contributed by atoms with van der Waals surface area (Å²) in [7, 11) is 0. The number of hydrazine groups is 1.